The molecule has 1 saturated heterocycles. The molecule has 5 heteroatoms. The Hall–Kier alpha value is -1.59. The number of carbonyl (C=O) groups excluding carboxylic acids is 1. The molecule has 2 aliphatic rings. The number of β-amino-alcohol motifs (C(OH)–C–C–N with tert-alkyl or cyclic N) is 1. The third-order valence-corrected chi connectivity index (χ3v) is 4.89. The molecular weight excluding hydrogens is 292 g/mol. The highest BCUT2D eigenvalue weighted by molar-refractivity contribution is 5.79. The SMILES string of the molecule is CCN(CC(=O)N1C[C@@H](O)C[C@@H]1c1cccc(OC)c1)C1CC1. The number of aliphatic hydroxyl groups excluding tert-OH is 1. The van der Waals surface area contributed by atoms with Crippen molar-refractivity contribution in [1.29, 1.82) is 0 Å². The Morgan fingerprint density at radius 3 is 2.87 bits per heavy atom. The standard InChI is InChI=1S/C18H26N2O3/c1-3-19(14-7-8-14)12-18(22)20-11-15(21)10-17(20)13-5-4-6-16(9-13)23-2/h4-6,9,14-15,17,21H,3,7-8,10-12H2,1-2H3/t15-,17+/m0/s1. The average molecular weight is 318 g/mol. The van der Waals surface area contributed by atoms with Gasteiger partial charge in [-0.3, -0.25) is 9.69 Å². The molecule has 1 saturated carbocycles. The number of methoxy groups -OCH3 is 1. The zero-order valence-electron chi connectivity index (χ0n) is 13.9. The van der Waals surface area contributed by atoms with Crippen LogP contribution in [0.25, 0.3) is 0 Å². The van der Waals surface area contributed by atoms with Crippen molar-refractivity contribution in [3.8, 4) is 5.75 Å². The van der Waals surface area contributed by atoms with Crippen LogP contribution in [0, 0.1) is 0 Å². The first-order chi connectivity index (χ1) is 11.1. The van der Waals surface area contributed by atoms with Gasteiger partial charge in [-0.05, 0) is 43.5 Å². The van der Waals surface area contributed by atoms with Gasteiger partial charge < -0.3 is 14.7 Å². The molecule has 23 heavy (non-hydrogen) atoms. The lowest BCUT2D eigenvalue weighted by atomic mass is 10.0. The molecule has 5 nitrogen and oxygen atoms in total. The van der Waals surface area contributed by atoms with E-state index in [9.17, 15) is 9.90 Å². The van der Waals surface area contributed by atoms with Gasteiger partial charge in [0, 0.05) is 12.6 Å². The van der Waals surface area contributed by atoms with Crippen molar-refractivity contribution in [2.24, 2.45) is 0 Å². The van der Waals surface area contributed by atoms with Gasteiger partial charge in [-0.2, -0.15) is 0 Å². The summed E-state index contributed by atoms with van der Waals surface area (Å²) < 4.78 is 5.28. The van der Waals surface area contributed by atoms with Crippen molar-refractivity contribution >= 4 is 5.91 Å². The predicted octanol–water partition coefficient (Wildman–Crippen LogP) is 1.81. The fourth-order valence-corrected chi connectivity index (χ4v) is 3.46. The summed E-state index contributed by atoms with van der Waals surface area (Å²) >= 11 is 0. The van der Waals surface area contributed by atoms with Gasteiger partial charge in [0.25, 0.3) is 0 Å². The minimum Gasteiger partial charge on any atom is -0.497 e. The highest BCUT2D eigenvalue weighted by Crippen LogP contribution is 2.34. The molecule has 1 heterocycles. The highest BCUT2D eigenvalue weighted by atomic mass is 16.5. The fourth-order valence-electron chi connectivity index (χ4n) is 3.46. The van der Waals surface area contributed by atoms with E-state index in [-0.39, 0.29) is 11.9 Å². The second kappa shape index (κ2) is 6.89. The third-order valence-electron chi connectivity index (χ3n) is 4.89. The van der Waals surface area contributed by atoms with E-state index in [4.69, 9.17) is 4.74 Å². The quantitative estimate of drug-likeness (QED) is 0.869. The molecule has 126 valence electrons. The number of likely N-dealkylation sites (N-methyl/N-ethyl adjacent to an activating group) is 1. The van der Waals surface area contributed by atoms with Crippen molar-refractivity contribution in [2.75, 3.05) is 26.7 Å². The summed E-state index contributed by atoms with van der Waals surface area (Å²) in [4.78, 5) is 16.9. The van der Waals surface area contributed by atoms with Crippen LogP contribution in [0.1, 0.15) is 37.8 Å². The largest absolute Gasteiger partial charge is 0.497 e. The number of aliphatic hydroxyl groups is 1. The molecule has 0 aromatic heterocycles. The Morgan fingerprint density at radius 1 is 1.43 bits per heavy atom. The Bertz CT molecular complexity index is 559. The van der Waals surface area contributed by atoms with Crippen LogP contribution in [0.5, 0.6) is 5.75 Å². The van der Waals surface area contributed by atoms with Crippen molar-refractivity contribution in [1.82, 2.24) is 9.80 Å². The van der Waals surface area contributed by atoms with Crippen LogP contribution in [0.2, 0.25) is 0 Å². The maximum atomic E-state index is 12.8. The van der Waals surface area contributed by atoms with E-state index in [0.717, 1.165) is 17.9 Å². The smallest absolute Gasteiger partial charge is 0.237 e. The molecule has 0 bridgehead atoms. The van der Waals surface area contributed by atoms with Gasteiger partial charge in [-0.15, -0.1) is 0 Å². The molecule has 0 unspecified atom stereocenters. The molecule has 2 atom stereocenters. The number of benzene rings is 1. The van der Waals surface area contributed by atoms with Crippen LogP contribution in [-0.4, -0.2) is 59.7 Å². The second-order valence-corrected chi connectivity index (χ2v) is 6.52. The number of hydrogen-bond donors (Lipinski definition) is 1. The number of hydrogen-bond acceptors (Lipinski definition) is 4. The van der Waals surface area contributed by atoms with Gasteiger partial charge in [0.2, 0.25) is 5.91 Å². The van der Waals surface area contributed by atoms with Crippen LogP contribution < -0.4 is 4.74 Å². The topological polar surface area (TPSA) is 53.0 Å². The number of amides is 1. The first-order valence-electron chi connectivity index (χ1n) is 8.48. The average Bonchev–Trinajstić information content (AvgIpc) is 3.33. The maximum absolute atomic E-state index is 12.8. The zero-order chi connectivity index (χ0) is 16.4. The summed E-state index contributed by atoms with van der Waals surface area (Å²) in [5, 5.41) is 10.1. The number of rotatable bonds is 6. The van der Waals surface area contributed by atoms with Gasteiger partial charge in [-0.1, -0.05) is 19.1 Å². The molecule has 0 radical (unpaired) electrons. The highest BCUT2D eigenvalue weighted by Gasteiger charge is 2.37. The van der Waals surface area contributed by atoms with Crippen LogP contribution >= 0.6 is 0 Å². The summed E-state index contributed by atoms with van der Waals surface area (Å²) in [7, 11) is 1.64. The van der Waals surface area contributed by atoms with Crippen molar-refractivity contribution in [2.45, 2.75) is 44.4 Å². The van der Waals surface area contributed by atoms with E-state index in [1.165, 1.54) is 12.8 Å². The summed E-state index contributed by atoms with van der Waals surface area (Å²) in [5.41, 5.74) is 1.03. The summed E-state index contributed by atoms with van der Waals surface area (Å²) in [5.74, 6) is 0.896. The Kier molecular flexibility index (Phi) is 4.87. The lowest BCUT2D eigenvalue weighted by Crippen LogP contribution is -2.41. The summed E-state index contributed by atoms with van der Waals surface area (Å²) in [6.45, 7) is 3.87. The van der Waals surface area contributed by atoms with Gasteiger partial charge in [0.1, 0.15) is 5.75 Å². The third kappa shape index (κ3) is 3.67. The van der Waals surface area contributed by atoms with Crippen LogP contribution in [0.15, 0.2) is 24.3 Å². The lowest BCUT2D eigenvalue weighted by molar-refractivity contribution is -0.133. The van der Waals surface area contributed by atoms with E-state index in [1.54, 1.807) is 7.11 Å². The maximum Gasteiger partial charge on any atom is 0.237 e. The molecule has 1 aromatic rings. The van der Waals surface area contributed by atoms with Crippen LogP contribution in [0.3, 0.4) is 0 Å². The van der Waals surface area contributed by atoms with Gasteiger partial charge in [0.15, 0.2) is 0 Å². The van der Waals surface area contributed by atoms with E-state index >= 15 is 0 Å². The van der Waals surface area contributed by atoms with E-state index < -0.39 is 6.10 Å². The molecular formula is C18H26N2O3. The summed E-state index contributed by atoms with van der Waals surface area (Å²) in [6.07, 6.45) is 2.53. The number of likely N-dealkylation sites (tertiary alicyclic amines) is 1. The van der Waals surface area contributed by atoms with Crippen molar-refractivity contribution in [3.05, 3.63) is 29.8 Å². The van der Waals surface area contributed by atoms with Gasteiger partial charge in [0.05, 0.1) is 25.8 Å². The van der Waals surface area contributed by atoms with E-state index in [0.29, 0.717) is 25.6 Å². The van der Waals surface area contributed by atoms with Crippen LogP contribution in [0.4, 0.5) is 0 Å². The van der Waals surface area contributed by atoms with E-state index in [2.05, 4.69) is 11.8 Å². The molecule has 2 fully saturated rings. The minimum atomic E-state index is -0.453. The predicted molar refractivity (Wildman–Crippen MR) is 88.3 cm³/mol. The molecule has 1 aromatic carbocycles. The second-order valence-electron chi connectivity index (χ2n) is 6.52. The molecule has 1 amide bonds. The van der Waals surface area contributed by atoms with Crippen LogP contribution in [-0.2, 0) is 4.79 Å². The van der Waals surface area contributed by atoms with E-state index in [1.807, 2.05) is 29.2 Å². The Morgan fingerprint density at radius 2 is 2.22 bits per heavy atom. The monoisotopic (exact) mass is 318 g/mol. The lowest BCUT2D eigenvalue weighted by Gasteiger charge is -2.28. The van der Waals surface area contributed by atoms with Gasteiger partial charge >= 0.3 is 0 Å². The fraction of sp³-hybridized carbons (Fsp3) is 0.611. The molecule has 1 aliphatic carbocycles. The van der Waals surface area contributed by atoms with Gasteiger partial charge in [-0.25, -0.2) is 0 Å². The Balaban J connectivity index is 1.74. The van der Waals surface area contributed by atoms with Crippen molar-refractivity contribution in [3.63, 3.8) is 0 Å². The normalized spacial score (nSPS) is 24.3. The first kappa shape index (κ1) is 16.3. The number of carbonyl (C=O) groups is 1. The molecule has 1 N–H and O–H groups in total. The zero-order valence-corrected chi connectivity index (χ0v) is 13.9. The number of nitrogens with zero attached hydrogens (tertiary/aromatic N) is 2. The molecule has 0 spiro atoms. The van der Waals surface area contributed by atoms with Crippen molar-refractivity contribution < 1.29 is 14.6 Å². The minimum absolute atomic E-state index is 0.0643. The first-order valence-corrected chi connectivity index (χ1v) is 8.48. The molecule has 3 rings (SSSR count). The molecule has 1 aliphatic heterocycles. The Labute approximate surface area is 137 Å². The summed E-state index contributed by atoms with van der Waals surface area (Å²) in [6, 6.07) is 8.31. The number of ether oxygens (including phenoxy) is 1.